The van der Waals surface area contributed by atoms with E-state index in [0.717, 1.165) is 23.9 Å². The van der Waals surface area contributed by atoms with Crippen LogP contribution >= 0.6 is 0 Å². The van der Waals surface area contributed by atoms with Gasteiger partial charge in [-0.25, -0.2) is 0 Å². The summed E-state index contributed by atoms with van der Waals surface area (Å²) in [6.45, 7) is 11.2. The highest BCUT2D eigenvalue weighted by molar-refractivity contribution is 5.00. The maximum atomic E-state index is 3.86. The molecule has 1 N–H and O–H groups in total. The Balaban J connectivity index is 1.60. The van der Waals surface area contributed by atoms with Crippen molar-refractivity contribution in [2.75, 3.05) is 19.6 Å². The molecule has 4 unspecified atom stereocenters. The summed E-state index contributed by atoms with van der Waals surface area (Å²) in [5.41, 5.74) is 0.499. The summed E-state index contributed by atoms with van der Waals surface area (Å²) in [5, 5.41) is 3.86. The summed E-state index contributed by atoms with van der Waals surface area (Å²) < 4.78 is 0. The molecule has 3 rings (SSSR count). The molecule has 0 spiro atoms. The van der Waals surface area contributed by atoms with Crippen LogP contribution < -0.4 is 5.32 Å². The van der Waals surface area contributed by atoms with Gasteiger partial charge in [-0.2, -0.15) is 0 Å². The lowest BCUT2D eigenvalue weighted by molar-refractivity contribution is 0.153. The van der Waals surface area contributed by atoms with Crippen LogP contribution in [0.15, 0.2) is 0 Å². The van der Waals surface area contributed by atoms with Crippen LogP contribution in [0.3, 0.4) is 0 Å². The van der Waals surface area contributed by atoms with Crippen molar-refractivity contribution in [3.63, 3.8) is 0 Å². The molecule has 1 heterocycles. The smallest absolute Gasteiger partial charge is 0.0159 e. The molecule has 4 atom stereocenters. The highest BCUT2D eigenvalue weighted by atomic mass is 15.2. The predicted molar refractivity (Wildman–Crippen MR) is 81.3 cm³/mol. The van der Waals surface area contributed by atoms with Crippen molar-refractivity contribution in [3.05, 3.63) is 0 Å². The topological polar surface area (TPSA) is 15.3 Å². The van der Waals surface area contributed by atoms with Gasteiger partial charge in [0.2, 0.25) is 0 Å². The Labute approximate surface area is 119 Å². The van der Waals surface area contributed by atoms with Gasteiger partial charge in [0, 0.05) is 25.2 Å². The molecule has 0 aromatic carbocycles. The molecule has 3 aliphatic rings. The van der Waals surface area contributed by atoms with Crippen LogP contribution in [-0.4, -0.2) is 36.6 Å². The second kappa shape index (κ2) is 5.37. The van der Waals surface area contributed by atoms with Crippen molar-refractivity contribution in [2.24, 2.45) is 17.3 Å². The standard InChI is InChI=1S/C17H32N2/c1-4-9-18-16-14(7-8-17(16,2)3)12-19-11-13-5-6-15(19)10-13/h13-16,18H,4-12H2,1-3H3. The number of piperidine rings is 1. The lowest BCUT2D eigenvalue weighted by Crippen LogP contribution is -2.47. The number of hydrogen-bond acceptors (Lipinski definition) is 2. The monoisotopic (exact) mass is 264 g/mol. The molecule has 1 aliphatic heterocycles. The van der Waals surface area contributed by atoms with Crippen molar-refractivity contribution in [1.29, 1.82) is 0 Å². The number of rotatable bonds is 5. The van der Waals surface area contributed by atoms with Gasteiger partial charge in [-0.1, -0.05) is 20.8 Å². The number of hydrogen-bond donors (Lipinski definition) is 1. The van der Waals surface area contributed by atoms with Crippen LogP contribution in [0, 0.1) is 17.3 Å². The summed E-state index contributed by atoms with van der Waals surface area (Å²) in [6.07, 6.45) is 8.59. The van der Waals surface area contributed by atoms with Gasteiger partial charge in [-0.3, -0.25) is 4.90 Å². The fourth-order valence-corrected chi connectivity index (χ4v) is 5.01. The lowest BCUT2D eigenvalue weighted by Gasteiger charge is -2.36. The highest BCUT2D eigenvalue weighted by Gasteiger charge is 2.45. The fourth-order valence-electron chi connectivity index (χ4n) is 5.01. The first-order valence-corrected chi connectivity index (χ1v) is 8.57. The van der Waals surface area contributed by atoms with Crippen molar-refractivity contribution < 1.29 is 0 Å². The molecule has 0 aromatic heterocycles. The van der Waals surface area contributed by atoms with Gasteiger partial charge < -0.3 is 5.32 Å². The van der Waals surface area contributed by atoms with Gasteiger partial charge in [0.15, 0.2) is 0 Å². The van der Waals surface area contributed by atoms with E-state index in [9.17, 15) is 0 Å². The normalized spacial score (nSPS) is 41.2. The zero-order valence-electron chi connectivity index (χ0n) is 13.1. The van der Waals surface area contributed by atoms with Crippen molar-refractivity contribution in [3.8, 4) is 0 Å². The van der Waals surface area contributed by atoms with Crippen molar-refractivity contribution >= 4 is 0 Å². The Hall–Kier alpha value is -0.0800. The average Bonchev–Trinajstić information content (AvgIpc) is 3.03. The van der Waals surface area contributed by atoms with Crippen LogP contribution in [0.5, 0.6) is 0 Å². The van der Waals surface area contributed by atoms with Crippen LogP contribution in [0.4, 0.5) is 0 Å². The maximum absolute atomic E-state index is 3.86. The lowest BCUT2D eigenvalue weighted by atomic mass is 9.84. The zero-order chi connectivity index (χ0) is 13.5. The third-order valence-corrected chi connectivity index (χ3v) is 6.08. The largest absolute Gasteiger partial charge is 0.313 e. The molecule has 2 saturated carbocycles. The van der Waals surface area contributed by atoms with E-state index >= 15 is 0 Å². The summed E-state index contributed by atoms with van der Waals surface area (Å²) in [4.78, 5) is 2.83. The third kappa shape index (κ3) is 2.71. The van der Waals surface area contributed by atoms with E-state index in [0.29, 0.717) is 5.41 Å². The van der Waals surface area contributed by atoms with Crippen LogP contribution in [0.2, 0.25) is 0 Å². The zero-order valence-corrected chi connectivity index (χ0v) is 13.1. The Morgan fingerprint density at radius 2 is 2.05 bits per heavy atom. The Kier molecular flexibility index (Phi) is 3.92. The van der Waals surface area contributed by atoms with E-state index in [2.05, 4.69) is 31.0 Å². The second-order valence-corrected chi connectivity index (χ2v) is 8.01. The second-order valence-electron chi connectivity index (χ2n) is 8.01. The van der Waals surface area contributed by atoms with Gasteiger partial charge in [-0.05, 0) is 62.3 Å². The van der Waals surface area contributed by atoms with E-state index in [4.69, 9.17) is 0 Å². The molecular formula is C17H32N2. The van der Waals surface area contributed by atoms with E-state index < -0.39 is 0 Å². The molecular weight excluding hydrogens is 232 g/mol. The minimum atomic E-state index is 0.499. The maximum Gasteiger partial charge on any atom is 0.0159 e. The molecule has 2 bridgehead atoms. The average molecular weight is 264 g/mol. The molecule has 3 fully saturated rings. The summed E-state index contributed by atoms with van der Waals surface area (Å²) >= 11 is 0. The third-order valence-electron chi connectivity index (χ3n) is 6.08. The predicted octanol–water partition coefficient (Wildman–Crippen LogP) is 3.28. The molecule has 2 nitrogen and oxygen atoms in total. The van der Waals surface area contributed by atoms with E-state index in [1.54, 1.807) is 0 Å². The molecule has 110 valence electrons. The minimum Gasteiger partial charge on any atom is -0.313 e. The molecule has 19 heavy (non-hydrogen) atoms. The Morgan fingerprint density at radius 1 is 1.21 bits per heavy atom. The van der Waals surface area contributed by atoms with Crippen LogP contribution in [0.1, 0.15) is 59.3 Å². The van der Waals surface area contributed by atoms with Crippen molar-refractivity contribution in [2.45, 2.75) is 71.4 Å². The van der Waals surface area contributed by atoms with Gasteiger partial charge in [-0.15, -0.1) is 0 Å². The summed E-state index contributed by atoms with van der Waals surface area (Å²) in [5.74, 6) is 1.93. The van der Waals surface area contributed by atoms with Gasteiger partial charge in [0.05, 0.1) is 0 Å². The fraction of sp³-hybridized carbons (Fsp3) is 1.00. The molecule has 2 aliphatic carbocycles. The van der Waals surface area contributed by atoms with E-state index in [-0.39, 0.29) is 0 Å². The summed E-state index contributed by atoms with van der Waals surface area (Å²) in [7, 11) is 0. The number of likely N-dealkylation sites (tertiary alicyclic amines) is 1. The molecule has 0 aromatic rings. The number of fused-ring (bicyclic) bond motifs is 2. The molecule has 0 amide bonds. The van der Waals surface area contributed by atoms with E-state index in [1.807, 2.05) is 0 Å². The first kappa shape index (κ1) is 13.9. The van der Waals surface area contributed by atoms with Gasteiger partial charge in [0.25, 0.3) is 0 Å². The van der Waals surface area contributed by atoms with Crippen LogP contribution in [-0.2, 0) is 0 Å². The Bertz CT molecular complexity index is 312. The van der Waals surface area contributed by atoms with Crippen molar-refractivity contribution in [1.82, 2.24) is 10.2 Å². The first-order chi connectivity index (χ1) is 9.10. The van der Waals surface area contributed by atoms with Gasteiger partial charge in [0.1, 0.15) is 0 Å². The summed E-state index contributed by atoms with van der Waals surface area (Å²) in [6, 6.07) is 1.69. The Morgan fingerprint density at radius 3 is 2.68 bits per heavy atom. The SMILES string of the molecule is CCCNC1C(CN2CC3CCC2C3)CCC1(C)C. The van der Waals surface area contributed by atoms with Crippen LogP contribution in [0.25, 0.3) is 0 Å². The van der Waals surface area contributed by atoms with E-state index in [1.165, 1.54) is 58.2 Å². The van der Waals surface area contributed by atoms with Gasteiger partial charge >= 0.3 is 0 Å². The minimum absolute atomic E-state index is 0.499. The molecule has 2 heteroatoms. The highest BCUT2D eigenvalue weighted by Crippen LogP contribution is 2.44. The molecule has 0 radical (unpaired) electrons. The quantitative estimate of drug-likeness (QED) is 0.820. The first-order valence-electron chi connectivity index (χ1n) is 8.57. The number of nitrogens with zero attached hydrogens (tertiary/aromatic N) is 1. The number of nitrogens with one attached hydrogen (secondary N) is 1. The molecule has 1 saturated heterocycles.